The van der Waals surface area contributed by atoms with E-state index >= 15 is 0 Å². The van der Waals surface area contributed by atoms with Crippen LogP contribution in [0, 0.1) is 0 Å². The molecule has 3 rings (SSSR count). The van der Waals surface area contributed by atoms with Gasteiger partial charge in [0.2, 0.25) is 0 Å². The highest BCUT2D eigenvalue weighted by Gasteiger charge is 2.28. The summed E-state index contributed by atoms with van der Waals surface area (Å²) in [7, 11) is 0. The lowest BCUT2D eigenvalue weighted by Crippen LogP contribution is -2.40. The Morgan fingerprint density at radius 2 is 2.25 bits per heavy atom. The van der Waals surface area contributed by atoms with Gasteiger partial charge in [-0.05, 0) is 38.8 Å². The lowest BCUT2D eigenvalue weighted by molar-refractivity contribution is -0.0553. The van der Waals surface area contributed by atoms with Crippen LogP contribution >= 0.6 is 0 Å². The van der Waals surface area contributed by atoms with Crippen LogP contribution in [0.25, 0.3) is 11.3 Å². The Kier molecular flexibility index (Phi) is 3.49. The quantitative estimate of drug-likeness (QED) is 0.925. The molecule has 2 aromatic rings. The van der Waals surface area contributed by atoms with Crippen LogP contribution in [0.2, 0.25) is 0 Å². The second-order valence-electron chi connectivity index (χ2n) is 5.89. The molecule has 0 bridgehead atoms. The van der Waals surface area contributed by atoms with Gasteiger partial charge in [-0.2, -0.15) is 0 Å². The maximum atomic E-state index is 5.75. The molecule has 1 saturated heterocycles. The monoisotopic (exact) mass is 272 g/mol. The number of hydrogen-bond acceptors (Lipinski definition) is 4. The van der Waals surface area contributed by atoms with E-state index in [0.717, 1.165) is 36.5 Å². The molecule has 0 spiro atoms. The fourth-order valence-electron chi connectivity index (χ4n) is 2.71. The molecule has 2 heterocycles. The van der Waals surface area contributed by atoms with Crippen molar-refractivity contribution in [2.45, 2.75) is 38.3 Å². The molecule has 0 saturated carbocycles. The Balaban J connectivity index is 1.73. The zero-order valence-corrected chi connectivity index (χ0v) is 11.9. The first kappa shape index (κ1) is 13.2. The first-order valence-corrected chi connectivity index (χ1v) is 7.02. The molecule has 1 aromatic heterocycles. The van der Waals surface area contributed by atoms with Crippen molar-refractivity contribution in [2.75, 3.05) is 11.9 Å². The molecule has 0 aliphatic carbocycles. The summed E-state index contributed by atoms with van der Waals surface area (Å²) in [5, 5.41) is 3.60. The van der Waals surface area contributed by atoms with E-state index in [2.05, 4.69) is 36.3 Å². The third-order valence-corrected chi connectivity index (χ3v) is 3.65. The summed E-state index contributed by atoms with van der Waals surface area (Å²) in [5.74, 6) is 0.793. The molecule has 1 aromatic carbocycles. The van der Waals surface area contributed by atoms with Gasteiger partial charge in [-0.15, -0.1) is 0 Å². The Morgan fingerprint density at radius 3 is 3.00 bits per heavy atom. The first-order valence-electron chi connectivity index (χ1n) is 7.02. The molecule has 4 heteroatoms. The zero-order chi connectivity index (χ0) is 14.0. The second-order valence-corrected chi connectivity index (χ2v) is 5.89. The normalized spacial score (nSPS) is 21.6. The average molecular weight is 272 g/mol. The SMILES string of the molecule is CC1(C)CC(Nc2cccc(-c3cnco3)c2)CCO1. The van der Waals surface area contributed by atoms with Gasteiger partial charge >= 0.3 is 0 Å². The fraction of sp³-hybridized carbons (Fsp3) is 0.438. The van der Waals surface area contributed by atoms with E-state index in [9.17, 15) is 0 Å². The van der Waals surface area contributed by atoms with Crippen LogP contribution in [0.5, 0.6) is 0 Å². The summed E-state index contributed by atoms with van der Waals surface area (Å²) in [6.07, 6.45) is 5.24. The zero-order valence-electron chi connectivity index (χ0n) is 11.9. The van der Waals surface area contributed by atoms with E-state index in [0.29, 0.717) is 6.04 Å². The number of ether oxygens (including phenoxy) is 1. The van der Waals surface area contributed by atoms with Crippen molar-refractivity contribution in [1.29, 1.82) is 0 Å². The van der Waals surface area contributed by atoms with E-state index in [4.69, 9.17) is 9.15 Å². The van der Waals surface area contributed by atoms with Gasteiger partial charge in [0.1, 0.15) is 0 Å². The number of oxazole rings is 1. The summed E-state index contributed by atoms with van der Waals surface area (Å²) in [4.78, 5) is 3.96. The van der Waals surface area contributed by atoms with Crippen LogP contribution in [0.4, 0.5) is 5.69 Å². The van der Waals surface area contributed by atoms with E-state index in [1.807, 2.05) is 12.1 Å². The first-order chi connectivity index (χ1) is 9.62. The highest BCUT2D eigenvalue weighted by molar-refractivity contribution is 5.63. The standard InChI is InChI=1S/C16H20N2O2/c1-16(2)9-14(6-7-20-16)18-13-5-3-4-12(8-13)15-10-17-11-19-15/h3-5,8,10-11,14,18H,6-7,9H2,1-2H3. The van der Waals surface area contributed by atoms with E-state index in [1.165, 1.54) is 6.39 Å². The van der Waals surface area contributed by atoms with Gasteiger partial charge < -0.3 is 14.5 Å². The number of nitrogens with one attached hydrogen (secondary N) is 1. The summed E-state index contributed by atoms with van der Waals surface area (Å²) in [6.45, 7) is 5.10. The molecular formula is C16H20N2O2. The number of hydrogen-bond donors (Lipinski definition) is 1. The third kappa shape index (κ3) is 3.02. The summed E-state index contributed by atoms with van der Waals surface area (Å²) in [5.41, 5.74) is 2.11. The molecule has 0 radical (unpaired) electrons. The number of benzene rings is 1. The molecule has 4 nitrogen and oxygen atoms in total. The van der Waals surface area contributed by atoms with Crippen molar-refractivity contribution in [1.82, 2.24) is 4.98 Å². The molecule has 1 atom stereocenters. The summed E-state index contributed by atoms with van der Waals surface area (Å²) in [6, 6.07) is 8.69. The highest BCUT2D eigenvalue weighted by atomic mass is 16.5. The van der Waals surface area contributed by atoms with Gasteiger partial charge in [-0.1, -0.05) is 12.1 Å². The van der Waals surface area contributed by atoms with Gasteiger partial charge in [-0.3, -0.25) is 0 Å². The minimum atomic E-state index is -0.0432. The predicted molar refractivity (Wildman–Crippen MR) is 78.6 cm³/mol. The number of aromatic nitrogens is 1. The summed E-state index contributed by atoms with van der Waals surface area (Å²) >= 11 is 0. The maximum Gasteiger partial charge on any atom is 0.181 e. The molecule has 0 amide bonds. The lowest BCUT2D eigenvalue weighted by Gasteiger charge is -2.36. The average Bonchev–Trinajstić information content (AvgIpc) is 2.91. The maximum absolute atomic E-state index is 5.75. The largest absolute Gasteiger partial charge is 0.444 e. The van der Waals surface area contributed by atoms with E-state index < -0.39 is 0 Å². The van der Waals surface area contributed by atoms with Crippen LogP contribution in [0.15, 0.2) is 41.3 Å². The molecule has 1 fully saturated rings. The Labute approximate surface area is 119 Å². The van der Waals surface area contributed by atoms with Crippen LogP contribution in [0.1, 0.15) is 26.7 Å². The molecule has 1 aliphatic heterocycles. The minimum absolute atomic E-state index is 0.0432. The number of anilines is 1. The van der Waals surface area contributed by atoms with Crippen molar-refractivity contribution < 1.29 is 9.15 Å². The molecule has 1 aliphatic rings. The van der Waals surface area contributed by atoms with Crippen LogP contribution < -0.4 is 5.32 Å². The Morgan fingerprint density at radius 1 is 1.35 bits per heavy atom. The lowest BCUT2D eigenvalue weighted by atomic mass is 9.93. The van der Waals surface area contributed by atoms with E-state index in [1.54, 1.807) is 6.20 Å². The van der Waals surface area contributed by atoms with Gasteiger partial charge in [0.25, 0.3) is 0 Å². The van der Waals surface area contributed by atoms with Crippen molar-refractivity contribution in [2.24, 2.45) is 0 Å². The van der Waals surface area contributed by atoms with Gasteiger partial charge in [0.05, 0.1) is 11.8 Å². The highest BCUT2D eigenvalue weighted by Crippen LogP contribution is 2.28. The minimum Gasteiger partial charge on any atom is -0.444 e. The van der Waals surface area contributed by atoms with Gasteiger partial charge in [-0.25, -0.2) is 4.98 Å². The topological polar surface area (TPSA) is 47.3 Å². The van der Waals surface area contributed by atoms with Crippen molar-refractivity contribution >= 4 is 5.69 Å². The van der Waals surface area contributed by atoms with Gasteiger partial charge in [0.15, 0.2) is 12.2 Å². The van der Waals surface area contributed by atoms with Crippen LogP contribution in [0.3, 0.4) is 0 Å². The molecule has 1 unspecified atom stereocenters. The molecular weight excluding hydrogens is 252 g/mol. The molecule has 1 N–H and O–H groups in total. The number of rotatable bonds is 3. The third-order valence-electron chi connectivity index (χ3n) is 3.65. The number of nitrogens with zero attached hydrogens (tertiary/aromatic N) is 1. The molecule has 20 heavy (non-hydrogen) atoms. The molecule has 106 valence electrons. The van der Waals surface area contributed by atoms with Crippen LogP contribution in [-0.2, 0) is 4.74 Å². The summed E-state index contributed by atoms with van der Waals surface area (Å²) < 4.78 is 11.1. The van der Waals surface area contributed by atoms with Gasteiger partial charge in [0, 0.05) is 23.9 Å². The van der Waals surface area contributed by atoms with E-state index in [-0.39, 0.29) is 5.60 Å². The predicted octanol–water partition coefficient (Wildman–Crippen LogP) is 3.71. The Bertz CT molecular complexity index is 564. The smallest absolute Gasteiger partial charge is 0.181 e. The van der Waals surface area contributed by atoms with Crippen molar-refractivity contribution in [3.8, 4) is 11.3 Å². The Hall–Kier alpha value is -1.81. The second kappa shape index (κ2) is 5.29. The van der Waals surface area contributed by atoms with Crippen molar-refractivity contribution in [3.63, 3.8) is 0 Å². The van der Waals surface area contributed by atoms with Crippen molar-refractivity contribution in [3.05, 3.63) is 36.9 Å². The fourth-order valence-corrected chi connectivity index (χ4v) is 2.71. The van der Waals surface area contributed by atoms with Crippen LogP contribution in [-0.4, -0.2) is 23.2 Å².